The molecule has 0 aliphatic rings. The largest absolute Gasteiger partial charge is 0.779 e. The van der Waals surface area contributed by atoms with Crippen LogP contribution in [0.3, 0.4) is 0 Å². The van der Waals surface area contributed by atoms with E-state index in [0.717, 1.165) is 0 Å². The van der Waals surface area contributed by atoms with E-state index in [-0.39, 0.29) is 46.6 Å². The lowest BCUT2D eigenvalue weighted by Crippen LogP contribution is -2.08. The predicted molar refractivity (Wildman–Crippen MR) is 103 cm³/mol. The second kappa shape index (κ2) is 20.6. The van der Waals surface area contributed by atoms with E-state index in [4.69, 9.17) is 0 Å². The van der Waals surface area contributed by atoms with Crippen LogP contribution < -0.4 is 14.7 Å². The van der Waals surface area contributed by atoms with Crippen molar-refractivity contribution in [1.82, 2.24) is 0 Å². The van der Waals surface area contributed by atoms with Gasteiger partial charge in [-0.1, -0.05) is 21.3 Å². The van der Waals surface area contributed by atoms with E-state index >= 15 is 0 Å². The maximum Gasteiger partial charge on any atom is 0.267 e. The van der Waals surface area contributed by atoms with Gasteiger partial charge < -0.3 is 41.9 Å². The molecule has 0 heterocycles. The van der Waals surface area contributed by atoms with E-state index in [1.165, 1.54) is 0 Å². The van der Waals surface area contributed by atoms with Crippen LogP contribution in [0.15, 0.2) is 0 Å². The standard InChI is InChI=1S/C5H13O4P.C4H11O4P.C4H11O3P.CH4/c1-3-5-9-10(6,7)8-4-2;1-3-7-9(5,6)8-4-2;1-3-7-8(5,6)4-2;/h3-5H2,1-2H3,(H,6,7);3-4H2,1-2H3,(H,5,6);3-4H2,1-2H3,(H,5,6);1H4/p-3. The van der Waals surface area contributed by atoms with E-state index in [1.54, 1.807) is 34.6 Å². The topological polar surface area (TPSA) is 167 Å². The molecule has 0 N–H and O–H groups in total. The Labute approximate surface area is 169 Å². The highest BCUT2D eigenvalue weighted by Gasteiger charge is 2.05. The van der Waals surface area contributed by atoms with Crippen molar-refractivity contribution in [3.63, 3.8) is 0 Å². The number of phosphoric acid groups is 2. The first-order valence-electron chi connectivity index (χ1n) is 8.51. The van der Waals surface area contributed by atoms with Gasteiger partial charge in [-0.3, -0.25) is 9.13 Å². The summed E-state index contributed by atoms with van der Waals surface area (Å²) in [4.78, 5) is 31.4. The lowest BCUT2D eigenvalue weighted by Gasteiger charge is -2.21. The molecule has 0 saturated heterocycles. The molecule has 176 valence electrons. The Morgan fingerprint density at radius 3 is 1.14 bits per heavy atom. The third-order valence-corrected chi connectivity index (χ3v) is 5.68. The van der Waals surface area contributed by atoms with Gasteiger partial charge in [-0.15, -0.1) is 0 Å². The summed E-state index contributed by atoms with van der Waals surface area (Å²) in [5, 5.41) is 0. The van der Waals surface area contributed by atoms with Crippen LogP contribution in [-0.4, -0.2) is 39.2 Å². The molecule has 0 aromatic heterocycles. The number of hydrogen-bond acceptors (Lipinski definition) is 11. The highest BCUT2D eigenvalue weighted by atomic mass is 31.2. The van der Waals surface area contributed by atoms with Crippen molar-refractivity contribution in [3.8, 4) is 0 Å². The van der Waals surface area contributed by atoms with Crippen molar-refractivity contribution in [1.29, 1.82) is 0 Å². The van der Waals surface area contributed by atoms with Gasteiger partial charge in [-0.2, -0.15) is 0 Å². The van der Waals surface area contributed by atoms with Crippen LogP contribution in [0.4, 0.5) is 0 Å². The molecule has 0 aromatic carbocycles. The molecule has 11 nitrogen and oxygen atoms in total. The van der Waals surface area contributed by atoms with E-state index in [1.807, 2.05) is 6.92 Å². The van der Waals surface area contributed by atoms with Crippen LogP contribution >= 0.6 is 23.2 Å². The van der Waals surface area contributed by atoms with Gasteiger partial charge in [0, 0.05) is 6.16 Å². The van der Waals surface area contributed by atoms with Crippen molar-refractivity contribution in [2.75, 3.05) is 39.2 Å². The molecule has 14 heteroatoms. The summed E-state index contributed by atoms with van der Waals surface area (Å²) in [5.74, 6) is 0. The normalized spacial score (nSPS) is 14.9. The fraction of sp³-hybridized carbons (Fsp3) is 1.00. The Bertz CT molecular complexity index is 463. The average Bonchev–Trinajstić information content (AvgIpc) is 2.54. The minimum Gasteiger partial charge on any atom is -0.779 e. The molecule has 0 amide bonds. The first-order chi connectivity index (χ1) is 12.4. The highest BCUT2D eigenvalue weighted by molar-refractivity contribution is 7.51. The smallest absolute Gasteiger partial charge is 0.267 e. The third-order valence-electron chi connectivity index (χ3n) is 2.03. The van der Waals surface area contributed by atoms with Crippen LogP contribution in [-0.2, 0) is 36.3 Å². The summed E-state index contributed by atoms with van der Waals surface area (Å²) in [6, 6.07) is 0. The maximum absolute atomic E-state index is 10.6. The first-order valence-corrected chi connectivity index (χ1v) is 13.2. The fourth-order valence-electron chi connectivity index (χ4n) is 1.04. The van der Waals surface area contributed by atoms with Gasteiger partial charge >= 0.3 is 0 Å². The summed E-state index contributed by atoms with van der Waals surface area (Å²) in [6.45, 7) is 10.6. The SMILES string of the molecule is C.CCCOP(=O)([O-])OCC.CCOP(=O)([O-])CC.CCOP(=O)([O-])OCC. The molecule has 0 aromatic rings. The second-order valence-electron chi connectivity index (χ2n) is 4.33. The Morgan fingerprint density at radius 1 is 0.607 bits per heavy atom. The number of hydrogen-bond donors (Lipinski definition) is 0. The molecule has 0 aliphatic carbocycles. The zero-order chi connectivity index (χ0) is 22.0. The summed E-state index contributed by atoms with van der Waals surface area (Å²) in [7, 11) is -11.3. The molecular weight excluding hydrogens is 437 g/mol. The number of rotatable bonds is 12. The molecule has 0 fully saturated rings. The quantitative estimate of drug-likeness (QED) is 0.382. The highest BCUT2D eigenvalue weighted by Crippen LogP contribution is 2.38. The predicted octanol–water partition coefficient (Wildman–Crippen LogP) is 2.68. The molecule has 0 rings (SSSR count). The monoisotopic (exact) mass is 473 g/mol. The lowest BCUT2D eigenvalue weighted by molar-refractivity contribution is -0.226. The summed E-state index contributed by atoms with van der Waals surface area (Å²) in [6.07, 6.45) is 0.750. The van der Waals surface area contributed by atoms with Gasteiger partial charge in [0.05, 0.1) is 33.0 Å². The molecule has 0 saturated carbocycles. The molecule has 0 radical (unpaired) electrons. The van der Waals surface area contributed by atoms with Crippen molar-refractivity contribution in [2.45, 2.75) is 55.4 Å². The summed E-state index contributed by atoms with van der Waals surface area (Å²) >= 11 is 0. The van der Waals surface area contributed by atoms with Crippen LogP contribution in [0.2, 0.25) is 0 Å². The summed E-state index contributed by atoms with van der Waals surface area (Å²) in [5.41, 5.74) is 0. The molecule has 2 unspecified atom stereocenters. The van der Waals surface area contributed by atoms with Gasteiger partial charge in [-0.05, 0) is 34.1 Å². The van der Waals surface area contributed by atoms with E-state index in [9.17, 15) is 28.4 Å². The van der Waals surface area contributed by atoms with Crippen molar-refractivity contribution < 1.29 is 51.0 Å². The van der Waals surface area contributed by atoms with Gasteiger partial charge in [0.15, 0.2) is 0 Å². The lowest BCUT2D eigenvalue weighted by atomic mass is 10.5. The average molecular weight is 473 g/mol. The van der Waals surface area contributed by atoms with Crippen LogP contribution in [0.5, 0.6) is 0 Å². The van der Waals surface area contributed by atoms with Crippen molar-refractivity contribution in [2.24, 2.45) is 0 Å². The minimum absolute atomic E-state index is 0. The first kappa shape index (κ1) is 35.8. The molecule has 2 atom stereocenters. The van der Waals surface area contributed by atoms with Gasteiger partial charge in [0.25, 0.3) is 15.6 Å². The van der Waals surface area contributed by atoms with Crippen molar-refractivity contribution in [3.05, 3.63) is 0 Å². The van der Waals surface area contributed by atoms with Crippen molar-refractivity contribution >= 4 is 23.2 Å². The van der Waals surface area contributed by atoms with E-state index in [2.05, 4.69) is 22.6 Å². The zero-order valence-corrected chi connectivity index (χ0v) is 19.5. The van der Waals surface area contributed by atoms with Crippen LogP contribution in [0.25, 0.3) is 0 Å². The van der Waals surface area contributed by atoms with E-state index in [0.29, 0.717) is 6.42 Å². The second-order valence-corrected chi connectivity index (χ2v) is 9.26. The van der Waals surface area contributed by atoms with Gasteiger partial charge in [0.2, 0.25) is 0 Å². The van der Waals surface area contributed by atoms with E-state index < -0.39 is 23.2 Å². The molecule has 0 bridgehead atoms. The minimum atomic E-state index is -3.96. The van der Waals surface area contributed by atoms with Gasteiger partial charge in [-0.25, -0.2) is 0 Å². The zero-order valence-electron chi connectivity index (χ0n) is 16.8. The molecule has 0 aliphatic heterocycles. The van der Waals surface area contributed by atoms with Crippen LogP contribution in [0.1, 0.15) is 55.4 Å². The molecular formula is C14H36O11P3-3. The Morgan fingerprint density at radius 2 is 0.929 bits per heavy atom. The summed E-state index contributed by atoms with van der Waals surface area (Å²) < 4.78 is 53.0. The Balaban J connectivity index is -0.000000153. The Hall–Kier alpha value is 0.370. The van der Waals surface area contributed by atoms with Crippen LogP contribution in [0, 0.1) is 0 Å². The molecule has 28 heavy (non-hydrogen) atoms. The third kappa shape index (κ3) is 28.6. The molecule has 0 spiro atoms. The fourth-order valence-corrected chi connectivity index (χ4v) is 3.12. The Kier molecular flexibility index (Phi) is 26.4. The number of phosphoric ester groups is 2. The maximum atomic E-state index is 10.6. The van der Waals surface area contributed by atoms with Gasteiger partial charge in [0.1, 0.15) is 7.60 Å².